The molecule has 0 spiro atoms. The zero-order chi connectivity index (χ0) is 25.2. The first-order valence-electron chi connectivity index (χ1n) is 12.3. The number of hydrogen-bond donors (Lipinski definition) is 0. The van der Waals surface area contributed by atoms with Gasteiger partial charge in [-0.2, -0.15) is 5.10 Å². The highest BCUT2D eigenvalue weighted by molar-refractivity contribution is 5.94. The van der Waals surface area contributed by atoms with Crippen LogP contribution in [-0.2, 0) is 16.0 Å². The Morgan fingerprint density at radius 1 is 1.06 bits per heavy atom. The van der Waals surface area contributed by atoms with Crippen LogP contribution in [0.15, 0.2) is 52.9 Å². The number of oxazole rings is 1. The van der Waals surface area contributed by atoms with Crippen molar-refractivity contribution in [2.45, 2.75) is 45.4 Å². The average molecular weight is 487 g/mol. The second kappa shape index (κ2) is 9.97. The van der Waals surface area contributed by atoms with Crippen molar-refractivity contribution in [2.75, 3.05) is 20.2 Å². The molecular weight excluding hydrogens is 456 g/mol. The summed E-state index contributed by atoms with van der Waals surface area (Å²) in [6.07, 6.45) is 2.56. The molecule has 186 valence electrons. The molecule has 1 saturated heterocycles. The van der Waals surface area contributed by atoms with E-state index in [0.29, 0.717) is 31.5 Å². The maximum Gasteiger partial charge on any atom is 0.305 e. The lowest BCUT2D eigenvalue weighted by atomic mass is 9.96. The molecule has 0 atom stereocenters. The van der Waals surface area contributed by atoms with E-state index in [1.807, 2.05) is 72.0 Å². The van der Waals surface area contributed by atoms with E-state index in [-0.39, 0.29) is 17.8 Å². The summed E-state index contributed by atoms with van der Waals surface area (Å²) in [6, 6.07) is 15.3. The van der Waals surface area contributed by atoms with E-state index in [1.54, 1.807) is 0 Å². The molecule has 0 saturated carbocycles. The summed E-state index contributed by atoms with van der Waals surface area (Å²) in [6.45, 7) is 5.28. The van der Waals surface area contributed by atoms with Gasteiger partial charge in [0.2, 0.25) is 0 Å². The smallest absolute Gasteiger partial charge is 0.305 e. The number of rotatable bonds is 6. The lowest BCUT2D eigenvalue weighted by Crippen LogP contribution is -2.38. The summed E-state index contributed by atoms with van der Waals surface area (Å²) < 4.78 is 12.6. The predicted molar refractivity (Wildman–Crippen MR) is 135 cm³/mol. The second-order valence-electron chi connectivity index (χ2n) is 9.27. The maximum absolute atomic E-state index is 13.2. The van der Waals surface area contributed by atoms with Gasteiger partial charge in [-0.05, 0) is 75.1 Å². The van der Waals surface area contributed by atoms with Crippen LogP contribution in [0.4, 0.5) is 0 Å². The van der Waals surface area contributed by atoms with E-state index in [1.165, 1.54) is 7.11 Å². The van der Waals surface area contributed by atoms with Gasteiger partial charge in [0.1, 0.15) is 5.52 Å². The molecule has 0 aliphatic carbocycles. The molecule has 1 fully saturated rings. The topological polar surface area (TPSA) is 90.5 Å². The molecule has 0 N–H and O–H groups in total. The van der Waals surface area contributed by atoms with Crippen LogP contribution in [0.1, 0.15) is 58.4 Å². The quantitative estimate of drug-likeness (QED) is 0.365. The van der Waals surface area contributed by atoms with Crippen LogP contribution in [0.2, 0.25) is 0 Å². The first kappa shape index (κ1) is 23.8. The highest BCUT2D eigenvalue weighted by atomic mass is 16.5. The number of para-hydroxylation sites is 2. The van der Waals surface area contributed by atoms with Gasteiger partial charge in [0.05, 0.1) is 18.5 Å². The highest BCUT2D eigenvalue weighted by Gasteiger charge is 2.27. The molecular formula is C28H30N4O4. The molecule has 8 nitrogen and oxygen atoms in total. The summed E-state index contributed by atoms with van der Waals surface area (Å²) in [4.78, 5) is 31.3. The Kier molecular flexibility index (Phi) is 6.59. The number of carbonyl (C=O) groups is 2. The third-order valence-electron chi connectivity index (χ3n) is 7.05. The lowest BCUT2D eigenvalue weighted by molar-refractivity contribution is -0.140. The number of fused-ring (bicyclic) bond motifs is 1. The van der Waals surface area contributed by atoms with Crippen molar-refractivity contribution >= 4 is 23.0 Å². The Hall–Kier alpha value is -3.94. The van der Waals surface area contributed by atoms with Crippen LogP contribution in [0.25, 0.3) is 16.8 Å². The fourth-order valence-electron chi connectivity index (χ4n) is 4.94. The highest BCUT2D eigenvalue weighted by Crippen LogP contribution is 2.30. The minimum atomic E-state index is -0.234. The van der Waals surface area contributed by atoms with Gasteiger partial charge in [-0.15, -0.1) is 0 Å². The largest absolute Gasteiger partial charge is 0.469 e. The van der Waals surface area contributed by atoms with Crippen LogP contribution in [0, 0.1) is 13.8 Å². The number of amides is 1. The standard InChI is InChI=1S/C28H30N4O4/c1-18-23(12-13-26(33)35-3)19(2)32(30-18)22-10-8-21(9-11-22)28(34)31-16-14-20(15-17-31)27-29-24-6-4-5-7-25(24)36-27/h4-11,20H,12-17H2,1-3H3. The Morgan fingerprint density at radius 3 is 2.47 bits per heavy atom. The summed E-state index contributed by atoms with van der Waals surface area (Å²) in [5.41, 5.74) is 6.14. The van der Waals surface area contributed by atoms with Gasteiger partial charge in [-0.25, -0.2) is 9.67 Å². The van der Waals surface area contributed by atoms with Crippen molar-refractivity contribution in [2.24, 2.45) is 0 Å². The van der Waals surface area contributed by atoms with Crippen molar-refractivity contribution in [3.05, 3.63) is 76.9 Å². The van der Waals surface area contributed by atoms with Gasteiger partial charge in [0.25, 0.3) is 5.91 Å². The number of nitrogens with zero attached hydrogens (tertiary/aromatic N) is 4. The van der Waals surface area contributed by atoms with Crippen molar-refractivity contribution in [1.29, 1.82) is 0 Å². The summed E-state index contributed by atoms with van der Waals surface area (Å²) in [7, 11) is 1.40. The predicted octanol–water partition coefficient (Wildman–Crippen LogP) is 4.76. The van der Waals surface area contributed by atoms with Crippen LogP contribution in [-0.4, -0.2) is 51.7 Å². The number of carbonyl (C=O) groups excluding carboxylic acids is 2. The average Bonchev–Trinajstić information content (AvgIpc) is 3.47. The van der Waals surface area contributed by atoms with Crippen molar-refractivity contribution in [3.8, 4) is 5.69 Å². The lowest BCUT2D eigenvalue weighted by Gasteiger charge is -2.30. The maximum atomic E-state index is 13.2. The minimum absolute atomic E-state index is 0.0321. The summed E-state index contributed by atoms with van der Waals surface area (Å²) in [5.74, 6) is 0.790. The minimum Gasteiger partial charge on any atom is -0.469 e. The Labute approximate surface area is 209 Å². The monoisotopic (exact) mass is 486 g/mol. The Morgan fingerprint density at radius 2 is 1.78 bits per heavy atom. The van der Waals surface area contributed by atoms with Crippen LogP contribution in [0.5, 0.6) is 0 Å². The van der Waals surface area contributed by atoms with E-state index in [9.17, 15) is 9.59 Å². The Balaban J connectivity index is 1.23. The molecule has 2 aromatic carbocycles. The second-order valence-corrected chi connectivity index (χ2v) is 9.27. The molecule has 1 amide bonds. The van der Waals surface area contributed by atoms with Gasteiger partial charge in [-0.1, -0.05) is 12.1 Å². The van der Waals surface area contributed by atoms with E-state index in [0.717, 1.165) is 52.5 Å². The molecule has 0 bridgehead atoms. The third kappa shape index (κ3) is 4.63. The number of methoxy groups -OCH3 is 1. The van der Waals surface area contributed by atoms with Gasteiger partial charge in [0.15, 0.2) is 11.5 Å². The number of esters is 1. The van der Waals surface area contributed by atoms with Crippen molar-refractivity contribution in [3.63, 3.8) is 0 Å². The third-order valence-corrected chi connectivity index (χ3v) is 7.05. The van der Waals surface area contributed by atoms with Crippen molar-refractivity contribution in [1.82, 2.24) is 19.7 Å². The molecule has 0 radical (unpaired) electrons. The number of aryl methyl sites for hydroxylation is 1. The van der Waals surface area contributed by atoms with E-state index in [2.05, 4.69) is 10.1 Å². The van der Waals surface area contributed by atoms with E-state index >= 15 is 0 Å². The molecule has 36 heavy (non-hydrogen) atoms. The summed E-state index contributed by atoms with van der Waals surface area (Å²) >= 11 is 0. The number of piperidine rings is 1. The number of aromatic nitrogens is 3. The molecule has 1 aliphatic rings. The summed E-state index contributed by atoms with van der Waals surface area (Å²) in [5, 5.41) is 4.66. The fourth-order valence-corrected chi connectivity index (χ4v) is 4.94. The first-order chi connectivity index (χ1) is 17.4. The molecule has 5 rings (SSSR count). The zero-order valence-corrected chi connectivity index (χ0v) is 20.9. The first-order valence-corrected chi connectivity index (χ1v) is 12.3. The molecule has 2 aromatic heterocycles. The normalized spacial score (nSPS) is 14.4. The molecule has 8 heteroatoms. The van der Waals surface area contributed by atoms with Crippen LogP contribution >= 0.6 is 0 Å². The van der Waals surface area contributed by atoms with Crippen LogP contribution < -0.4 is 0 Å². The molecule has 1 aliphatic heterocycles. The van der Waals surface area contributed by atoms with Gasteiger partial charge in [-0.3, -0.25) is 9.59 Å². The van der Waals surface area contributed by atoms with Crippen LogP contribution in [0.3, 0.4) is 0 Å². The SMILES string of the molecule is COC(=O)CCc1c(C)nn(-c2ccc(C(=O)N3CCC(c4nc5ccccc5o4)CC3)cc2)c1C. The number of benzene rings is 2. The molecule has 4 aromatic rings. The molecule has 3 heterocycles. The molecule has 0 unspecified atom stereocenters. The van der Waals surface area contributed by atoms with Gasteiger partial charge in [0, 0.05) is 36.7 Å². The fraction of sp³-hybridized carbons (Fsp3) is 0.357. The number of ether oxygens (including phenoxy) is 1. The van der Waals surface area contributed by atoms with Gasteiger partial charge >= 0.3 is 5.97 Å². The van der Waals surface area contributed by atoms with E-state index in [4.69, 9.17) is 9.15 Å². The van der Waals surface area contributed by atoms with Crippen molar-refractivity contribution < 1.29 is 18.7 Å². The zero-order valence-electron chi connectivity index (χ0n) is 20.9. The number of hydrogen-bond acceptors (Lipinski definition) is 6. The van der Waals surface area contributed by atoms with Gasteiger partial charge < -0.3 is 14.1 Å². The van der Waals surface area contributed by atoms with E-state index < -0.39 is 0 Å². The number of likely N-dealkylation sites (tertiary alicyclic amines) is 1. The Bertz CT molecular complexity index is 1360.